The normalized spacial score (nSPS) is 11.4. The number of para-hydroxylation sites is 1. The van der Waals surface area contributed by atoms with Crippen LogP contribution >= 0.6 is 11.6 Å². The first kappa shape index (κ1) is 23.9. The molecule has 1 N–H and O–H groups in total. The van der Waals surface area contributed by atoms with E-state index < -0.39 is 28.5 Å². The molecule has 0 saturated heterocycles. The molecule has 0 heterocycles. The zero-order valence-electron chi connectivity index (χ0n) is 17.4. The number of aryl methyl sites for hydroxylation is 2. The third-order valence-corrected chi connectivity index (χ3v) is 6.96. The molecule has 0 saturated carbocycles. The molecule has 7 nitrogen and oxygen atoms in total. The molecule has 0 bridgehead atoms. The summed E-state index contributed by atoms with van der Waals surface area (Å²) in [6, 6.07) is 9.42. The largest absolute Gasteiger partial charge is 0.452 e. The van der Waals surface area contributed by atoms with E-state index in [0.29, 0.717) is 18.8 Å². The Balaban J connectivity index is 2.14. The molecule has 0 aliphatic carbocycles. The Hall–Kier alpha value is -2.42. The van der Waals surface area contributed by atoms with Gasteiger partial charge in [0.2, 0.25) is 10.0 Å². The van der Waals surface area contributed by atoms with Crippen molar-refractivity contribution < 1.29 is 22.7 Å². The number of nitrogens with zero attached hydrogens (tertiary/aromatic N) is 1. The van der Waals surface area contributed by atoms with Gasteiger partial charge in [-0.1, -0.05) is 43.6 Å². The van der Waals surface area contributed by atoms with Gasteiger partial charge in [-0.15, -0.1) is 0 Å². The van der Waals surface area contributed by atoms with Gasteiger partial charge in [0.05, 0.1) is 15.5 Å². The zero-order valence-corrected chi connectivity index (χ0v) is 18.9. The summed E-state index contributed by atoms with van der Waals surface area (Å²) in [5, 5.41) is 2.75. The lowest BCUT2D eigenvalue weighted by atomic mass is 10.1. The van der Waals surface area contributed by atoms with Crippen molar-refractivity contribution in [1.29, 1.82) is 0 Å². The minimum absolute atomic E-state index is 0.0358. The standard InChI is InChI=1S/C21H25ClN2O5S/c1-5-24(6-2)30(27,28)16-10-11-18(22)17(12-16)21(26)29-13-19(25)23-20-14(3)8-7-9-15(20)4/h7-12H,5-6,13H2,1-4H3,(H,23,25). The van der Waals surface area contributed by atoms with Crippen molar-refractivity contribution in [3.8, 4) is 0 Å². The molecule has 0 unspecified atom stereocenters. The van der Waals surface area contributed by atoms with E-state index in [-0.39, 0.29) is 15.5 Å². The minimum Gasteiger partial charge on any atom is -0.452 e. The lowest BCUT2D eigenvalue weighted by molar-refractivity contribution is -0.119. The van der Waals surface area contributed by atoms with Gasteiger partial charge in [-0.2, -0.15) is 4.31 Å². The first-order chi connectivity index (χ1) is 14.1. The Morgan fingerprint density at radius 3 is 2.23 bits per heavy atom. The van der Waals surface area contributed by atoms with Crippen LogP contribution in [-0.2, 0) is 19.6 Å². The fourth-order valence-electron chi connectivity index (χ4n) is 2.93. The van der Waals surface area contributed by atoms with Gasteiger partial charge in [-0.05, 0) is 43.2 Å². The first-order valence-electron chi connectivity index (χ1n) is 9.44. The Kier molecular flexibility index (Phi) is 8.00. The average Bonchev–Trinajstić information content (AvgIpc) is 2.70. The monoisotopic (exact) mass is 452 g/mol. The fraction of sp³-hybridized carbons (Fsp3) is 0.333. The van der Waals surface area contributed by atoms with Crippen LogP contribution in [0, 0.1) is 13.8 Å². The van der Waals surface area contributed by atoms with Gasteiger partial charge >= 0.3 is 5.97 Å². The van der Waals surface area contributed by atoms with Gasteiger partial charge in [0.25, 0.3) is 5.91 Å². The Labute approximate surface area is 182 Å². The number of ether oxygens (including phenoxy) is 1. The third-order valence-electron chi connectivity index (χ3n) is 4.58. The molecule has 0 atom stereocenters. The Bertz CT molecular complexity index is 1030. The van der Waals surface area contributed by atoms with Gasteiger partial charge in [0, 0.05) is 18.8 Å². The number of anilines is 1. The minimum atomic E-state index is -3.77. The number of hydrogen-bond acceptors (Lipinski definition) is 5. The molecular formula is C21H25ClN2O5S. The van der Waals surface area contributed by atoms with Crippen molar-refractivity contribution in [2.24, 2.45) is 0 Å². The topological polar surface area (TPSA) is 92.8 Å². The SMILES string of the molecule is CCN(CC)S(=O)(=O)c1ccc(Cl)c(C(=O)OCC(=O)Nc2c(C)cccc2C)c1. The van der Waals surface area contributed by atoms with E-state index in [1.807, 2.05) is 32.0 Å². The molecule has 0 fully saturated rings. The van der Waals surface area contributed by atoms with Gasteiger partial charge in [0.15, 0.2) is 6.61 Å². The molecule has 0 aromatic heterocycles. The van der Waals surface area contributed by atoms with Gasteiger partial charge < -0.3 is 10.1 Å². The summed E-state index contributed by atoms with van der Waals surface area (Å²) in [5.74, 6) is -1.39. The summed E-state index contributed by atoms with van der Waals surface area (Å²) in [5.41, 5.74) is 2.30. The van der Waals surface area contributed by atoms with Crippen molar-refractivity contribution in [1.82, 2.24) is 4.31 Å². The summed E-state index contributed by atoms with van der Waals surface area (Å²) >= 11 is 6.07. The summed E-state index contributed by atoms with van der Waals surface area (Å²) in [7, 11) is -3.77. The smallest absolute Gasteiger partial charge is 0.340 e. The van der Waals surface area contributed by atoms with Crippen LogP contribution in [-0.4, -0.2) is 44.3 Å². The van der Waals surface area contributed by atoms with Crippen molar-refractivity contribution in [2.75, 3.05) is 25.0 Å². The van der Waals surface area contributed by atoms with Crippen LogP contribution in [0.2, 0.25) is 5.02 Å². The van der Waals surface area contributed by atoms with Crippen LogP contribution in [0.5, 0.6) is 0 Å². The summed E-state index contributed by atoms with van der Waals surface area (Å²) < 4.78 is 31.7. The maximum Gasteiger partial charge on any atom is 0.340 e. The van der Waals surface area contributed by atoms with E-state index in [1.165, 1.54) is 22.5 Å². The highest BCUT2D eigenvalue weighted by Gasteiger charge is 2.24. The zero-order chi connectivity index (χ0) is 22.5. The van der Waals surface area contributed by atoms with E-state index in [2.05, 4.69) is 5.32 Å². The maximum atomic E-state index is 12.7. The molecule has 2 rings (SSSR count). The Morgan fingerprint density at radius 1 is 1.07 bits per heavy atom. The molecule has 2 aromatic carbocycles. The molecule has 9 heteroatoms. The lowest BCUT2D eigenvalue weighted by Crippen LogP contribution is -2.30. The van der Waals surface area contributed by atoms with Crippen molar-refractivity contribution >= 4 is 39.2 Å². The third kappa shape index (κ3) is 5.38. The van der Waals surface area contributed by atoms with Crippen LogP contribution in [0.1, 0.15) is 35.3 Å². The molecule has 0 spiro atoms. The van der Waals surface area contributed by atoms with Crippen LogP contribution in [0.15, 0.2) is 41.3 Å². The molecule has 0 radical (unpaired) electrons. The second-order valence-electron chi connectivity index (χ2n) is 6.62. The number of rotatable bonds is 8. The number of hydrogen-bond donors (Lipinski definition) is 1. The molecule has 30 heavy (non-hydrogen) atoms. The van der Waals surface area contributed by atoms with E-state index in [4.69, 9.17) is 16.3 Å². The predicted molar refractivity (Wildman–Crippen MR) is 116 cm³/mol. The highest BCUT2D eigenvalue weighted by molar-refractivity contribution is 7.89. The van der Waals surface area contributed by atoms with E-state index >= 15 is 0 Å². The highest BCUT2D eigenvalue weighted by atomic mass is 35.5. The van der Waals surface area contributed by atoms with Crippen LogP contribution in [0.25, 0.3) is 0 Å². The number of esters is 1. The Morgan fingerprint density at radius 2 is 1.67 bits per heavy atom. The number of carbonyl (C=O) groups is 2. The molecule has 1 amide bonds. The van der Waals surface area contributed by atoms with E-state index in [9.17, 15) is 18.0 Å². The highest BCUT2D eigenvalue weighted by Crippen LogP contribution is 2.24. The fourth-order valence-corrected chi connectivity index (χ4v) is 4.61. The molecular weight excluding hydrogens is 428 g/mol. The lowest BCUT2D eigenvalue weighted by Gasteiger charge is -2.19. The number of benzene rings is 2. The molecule has 0 aliphatic rings. The molecule has 2 aromatic rings. The number of sulfonamides is 1. The second kappa shape index (κ2) is 10.1. The average molecular weight is 453 g/mol. The van der Waals surface area contributed by atoms with Crippen LogP contribution < -0.4 is 5.32 Å². The number of nitrogens with one attached hydrogen (secondary N) is 1. The number of halogens is 1. The molecule has 0 aliphatic heterocycles. The predicted octanol–water partition coefficient (Wildman–Crippen LogP) is 3.78. The van der Waals surface area contributed by atoms with E-state index in [1.54, 1.807) is 13.8 Å². The van der Waals surface area contributed by atoms with E-state index in [0.717, 1.165) is 11.1 Å². The summed E-state index contributed by atoms with van der Waals surface area (Å²) in [4.78, 5) is 24.6. The van der Waals surface area contributed by atoms with Crippen molar-refractivity contribution in [3.05, 3.63) is 58.1 Å². The van der Waals surface area contributed by atoms with Gasteiger partial charge in [-0.3, -0.25) is 4.79 Å². The summed E-state index contributed by atoms with van der Waals surface area (Å²) in [6.07, 6.45) is 0. The number of amides is 1. The molecule has 162 valence electrons. The van der Waals surface area contributed by atoms with Crippen molar-refractivity contribution in [3.63, 3.8) is 0 Å². The van der Waals surface area contributed by atoms with Gasteiger partial charge in [-0.25, -0.2) is 13.2 Å². The van der Waals surface area contributed by atoms with Crippen LogP contribution in [0.3, 0.4) is 0 Å². The van der Waals surface area contributed by atoms with Gasteiger partial charge in [0.1, 0.15) is 0 Å². The second-order valence-corrected chi connectivity index (χ2v) is 8.97. The van der Waals surface area contributed by atoms with Crippen LogP contribution in [0.4, 0.5) is 5.69 Å². The number of carbonyl (C=O) groups excluding carboxylic acids is 2. The summed E-state index contributed by atoms with van der Waals surface area (Å²) in [6.45, 7) is 7.21. The first-order valence-corrected chi connectivity index (χ1v) is 11.3. The van der Waals surface area contributed by atoms with Crippen molar-refractivity contribution in [2.45, 2.75) is 32.6 Å². The quantitative estimate of drug-likeness (QED) is 0.615. The maximum absolute atomic E-state index is 12.7.